The zero-order valence-electron chi connectivity index (χ0n) is 13.0. The topological polar surface area (TPSA) is 17.0 Å². The second-order valence-corrected chi connectivity index (χ2v) is 6.35. The van der Waals surface area contributed by atoms with Crippen molar-refractivity contribution >= 4 is 10.9 Å². The molecule has 20 heavy (non-hydrogen) atoms. The molecule has 0 amide bonds. The normalized spacial score (nSPS) is 16.4. The van der Waals surface area contributed by atoms with Crippen molar-refractivity contribution in [1.29, 1.82) is 0 Å². The highest BCUT2D eigenvalue weighted by atomic mass is 15.0. The number of aryl methyl sites for hydroxylation is 1. The smallest absolute Gasteiger partial charge is 0.0485 e. The standard InChI is InChI=1S/C18H26N2/c1-13-14(2)20(12-15-6-4-5-7-15)18-9-8-16(11-19-3)10-17(13)18/h8-10,15,19H,4-7,11-12H2,1-3H3. The van der Waals surface area contributed by atoms with E-state index in [9.17, 15) is 0 Å². The quantitative estimate of drug-likeness (QED) is 0.882. The highest BCUT2D eigenvalue weighted by Crippen LogP contribution is 2.31. The Morgan fingerprint density at radius 1 is 1.20 bits per heavy atom. The second kappa shape index (κ2) is 5.61. The third-order valence-electron chi connectivity index (χ3n) is 5.00. The summed E-state index contributed by atoms with van der Waals surface area (Å²) in [5, 5.41) is 4.68. The molecule has 2 heteroatoms. The molecule has 0 atom stereocenters. The van der Waals surface area contributed by atoms with Gasteiger partial charge in [-0.1, -0.05) is 18.9 Å². The summed E-state index contributed by atoms with van der Waals surface area (Å²) in [7, 11) is 2.01. The van der Waals surface area contributed by atoms with Crippen LogP contribution in [-0.2, 0) is 13.1 Å². The van der Waals surface area contributed by atoms with Crippen molar-refractivity contribution in [1.82, 2.24) is 9.88 Å². The Morgan fingerprint density at radius 3 is 2.65 bits per heavy atom. The molecule has 108 valence electrons. The first-order valence-corrected chi connectivity index (χ1v) is 7.93. The summed E-state index contributed by atoms with van der Waals surface area (Å²) in [4.78, 5) is 0. The molecule has 1 aromatic carbocycles. The molecule has 3 rings (SSSR count). The average molecular weight is 270 g/mol. The lowest BCUT2D eigenvalue weighted by Crippen LogP contribution is -2.09. The Morgan fingerprint density at radius 2 is 1.95 bits per heavy atom. The van der Waals surface area contributed by atoms with Gasteiger partial charge in [-0.25, -0.2) is 0 Å². The van der Waals surface area contributed by atoms with Gasteiger partial charge in [-0.15, -0.1) is 0 Å². The van der Waals surface area contributed by atoms with Crippen LogP contribution < -0.4 is 5.32 Å². The molecule has 2 nitrogen and oxygen atoms in total. The Labute approximate surface area is 122 Å². The monoisotopic (exact) mass is 270 g/mol. The van der Waals surface area contributed by atoms with Gasteiger partial charge in [0.25, 0.3) is 0 Å². The SMILES string of the molecule is CNCc1ccc2c(c1)c(C)c(C)n2CC1CCCC1. The van der Waals surface area contributed by atoms with Gasteiger partial charge in [-0.05, 0) is 62.9 Å². The van der Waals surface area contributed by atoms with E-state index in [1.54, 1.807) is 0 Å². The Bertz CT molecular complexity index is 603. The molecule has 1 fully saturated rings. The van der Waals surface area contributed by atoms with E-state index in [4.69, 9.17) is 0 Å². The first kappa shape index (κ1) is 13.7. The van der Waals surface area contributed by atoms with Gasteiger partial charge in [0.2, 0.25) is 0 Å². The second-order valence-electron chi connectivity index (χ2n) is 6.35. The van der Waals surface area contributed by atoms with E-state index in [0.717, 1.165) is 12.5 Å². The number of fused-ring (bicyclic) bond motifs is 1. The van der Waals surface area contributed by atoms with Crippen molar-refractivity contribution in [2.75, 3.05) is 7.05 Å². The lowest BCUT2D eigenvalue weighted by Gasteiger charge is -2.14. The third-order valence-corrected chi connectivity index (χ3v) is 5.00. The molecular weight excluding hydrogens is 244 g/mol. The van der Waals surface area contributed by atoms with Crippen molar-refractivity contribution < 1.29 is 0 Å². The van der Waals surface area contributed by atoms with Gasteiger partial charge in [0, 0.05) is 29.7 Å². The zero-order valence-corrected chi connectivity index (χ0v) is 13.0. The number of nitrogens with zero attached hydrogens (tertiary/aromatic N) is 1. The number of benzene rings is 1. The Kier molecular flexibility index (Phi) is 3.84. The van der Waals surface area contributed by atoms with E-state index in [-0.39, 0.29) is 0 Å². The predicted octanol–water partition coefficient (Wildman–Crippen LogP) is 4.17. The van der Waals surface area contributed by atoms with Crippen LogP contribution in [0, 0.1) is 19.8 Å². The van der Waals surface area contributed by atoms with Gasteiger partial charge in [-0.2, -0.15) is 0 Å². The fourth-order valence-electron chi connectivity index (χ4n) is 3.70. The Hall–Kier alpha value is -1.28. The van der Waals surface area contributed by atoms with Crippen LogP contribution in [0.1, 0.15) is 42.5 Å². The van der Waals surface area contributed by atoms with Crippen molar-refractivity contribution in [3.63, 3.8) is 0 Å². The molecule has 0 radical (unpaired) electrons. The number of hydrogen-bond acceptors (Lipinski definition) is 1. The maximum Gasteiger partial charge on any atom is 0.0485 e. The van der Waals surface area contributed by atoms with Gasteiger partial charge in [0.1, 0.15) is 0 Å². The maximum absolute atomic E-state index is 3.24. The van der Waals surface area contributed by atoms with E-state index >= 15 is 0 Å². The van der Waals surface area contributed by atoms with Gasteiger partial charge in [-0.3, -0.25) is 0 Å². The van der Waals surface area contributed by atoms with Crippen molar-refractivity contribution in [2.24, 2.45) is 5.92 Å². The van der Waals surface area contributed by atoms with Crippen LogP contribution in [0.4, 0.5) is 0 Å². The number of nitrogens with one attached hydrogen (secondary N) is 1. The molecule has 0 bridgehead atoms. The maximum atomic E-state index is 3.24. The minimum absolute atomic E-state index is 0.890. The molecule has 0 aliphatic heterocycles. The summed E-state index contributed by atoms with van der Waals surface area (Å²) >= 11 is 0. The third kappa shape index (κ3) is 2.37. The number of rotatable bonds is 4. The molecule has 0 spiro atoms. The molecule has 2 aromatic rings. The minimum atomic E-state index is 0.890. The molecule has 1 saturated carbocycles. The number of aromatic nitrogens is 1. The molecule has 0 saturated heterocycles. The predicted molar refractivity (Wildman–Crippen MR) is 86.1 cm³/mol. The van der Waals surface area contributed by atoms with Gasteiger partial charge < -0.3 is 9.88 Å². The molecule has 1 aromatic heterocycles. The molecule has 1 aliphatic rings. The van der Waals surface area contributed by atoms with Crippen LogP contribution in [0.25, 0.3) is 10.9 Å². The summed E-state index contributed by atoms with van der Waals surface area (Å²) in [6.45, 7) is 6.71. The molecular formula is C18H26N2. The van der Waals surface area contributed by atoms with Crippen molar-refractivity contribution in [3.05, 3.63) is 35.0 Å². The largest absolute Gasteiger partial charge is 0.344 e. The minimum Gasteiger partial charge on any atom is -0.344 e. The van der Waals surface area contributed by atoms with Crippen LogP contribution >= 0.6 is 0 Å². The highest BCUT2D eigenvalue weighted by Gasteiger charge is 2.18. The molecule has 0 unspecified atom stereocenters. The van der Waals surface area contributed by atoms with E-state index in [0.29, 0.717) is 0 Å². The van der Waals surface area contributed by atoms with Gasteiger partial charge in [0.15, 0.2) is 0 Å². The fraction of sp³-hybridized carbons (Fsp3) is 0.556. The summed E-state index contributed by atoms with van der Waals surface area (Å²) in [5.74, 6) is 0.890. The average Bonchev–Trinajstić information content (AvgIpc) is 3.03. The van der Waals surface area contributed by atoms with Crippen LogP contribution in [0.3, 0.4) is 0 Å². The van der Waals surface area contributed by atoms with Crippen LogP contribution in [0.2, 0.25) is 0 Å². The van der Waals surface area contributed by atoms with E-state index in [2.05, 4.69) is 41.9 Å². The van der Waals surface area contributed by atoms with Crippen molar-refractivity contribution in [2.45, 2.75) is 52.6 Å². The molecule has 1 aliphatic carbocycles. The Balaban J connectivity index is 2.00. The lowest BCUT2D eigenvalue weighted by atomic mass is 10.1. The lowest BCUT2D eigenvalue weighted by molar-refractivity contribution is 0.460. The van der Waals surface area contributed by atoms with E-state index in [1.165, 1.54) is 60.0 Å². The summed E-state index contributed by atoms with van der Waals surface area (Å²) in [6.07, 6.45) is 5.68. The van der Waals surface area contributed by atoms with E-state index < -0.39 is 0 Å². The zero-order chi connectivity index (χ0) is 14.1. The van der Waals surface area contributed by atoms with Crippen LogP contribution in [0.5, 0.6) is 0 Å². The summed E-state index contributed by atoms with van der Waals surface area (Å²) < 4.78 is 2.56. The van der Waals surface area contributed by atoms with Crippen LogP contribution in [-0.4, -0.2) is 11.6 Å². The van der Waals surface area contributed by atoms with Crippen LogP contribution in [0.15, 0.2) is 18.2 Å². The number of hydrogen-bond donors (Lipinski definition) is 1. The summed E-state index contributed by atoms with van der Waals surface area (Å²) in [5.41, 5.74) is 5.71. The molecule has 1 heterocycles. The molecule has 1 N–H and O–H groups in total. The summed E-state index contributed by atoms with van der Waals surface area (Å²) in [6, 6.07) is 6.94. The first-order chi connectivity index (χ1) is 9.70. The van der Waals surface area contributed by atoms with Gasteiger partial charge >= 0.3 is 0 Å². The van der Waals surface area contributed by atoms with Crippen molar-refractivity contribution in [3.8, 4) is 0 Å². The fourth-order valence-corrected chi connectivity index (χ4v) is 3.70. The first-order valence-electron chi connectivity index (χ1n) is 7.93. The van der Waals surface area contributed by atoms with E-state index in [1.807, 2.05) is 7.05 Å². The van der Waals surface area contributed by atoms with Gasteiger partial charge in [0.05, 0.1) is 0 Å². The highest BCUT2D eigenvalue weighted by molar-refractivity contribution is 5.86.